The minimum atomic E-state index is -0.747. The standard InChI is InChI=1S/C13H19FN4O/c14-10-2-1-3-11(12(10)13(15)19)17-6-9-18-7-4-16-5-8-18/h1-3,16-17H,4-9H2,(H2,15,19). The first-order chi connectivity index (χ1) is 9.18. The van der Waals surface area contributed by atoms with Gasteiger partial charge in [0, 0.05) is 45.0 Å². The summed E-state index contributed by atoms with van der Waals surface area (Å²) in [4.78, 5) is 13.5. The first-order valence-corrected chi connectivity index (χ1v) is 6.44. The molecule has 1 heterocycles. The number of rotatable bonds is 5. The van der Waals surface area contributed by atoms with E-state index in [1.54, 1.807) is 12.1 Å². The van der Waals surface area contributed by atoms with Gasteiger partial charge < -0.3 is 16.4 Å². The highest BCUT2D eigenvalue weighted by Gasteiger charge is 2.14. The highest BCUT2D eigenvalue weighted by atomic mass is 19.1. The maximum absolute atomic E-state index is 13.5. The molecule has 5 nitrogen and oxygen atoms in total. The first kappa shape index (κ1) is 13.8. The summed E-state index contributed by atoms with van der Waals surface area (Å²) < 4.78 is 13.5. The summed E-state index contributed by atoms with van der Waals surface area (Å²) in [5.41, 5.74) is 5.59. The maximum Gasteiger partial charge on any atom is 0.253 e. The fourth-order valence-corrected chi connectivity index (χ4v) is 2.21. The van der Waals surface area contributed by atoms with Crippen molar-refractivity contribution in [3.8, 4) is 0 Å². The lowest BCUT2D eigenvalue weighted by molar-refractivity contribution is 0.0997. The van der Waals surface area contributed by atoms with Crippen LogP contribution in [0.5, 0.6) is 0 Å². The third-order valence-electron chi connectivity index (χ3n) is 3.21. The Morgan fingerprint density at radius 2 is 2.16 bits per heavy atom. The van der Waals surface area contributed by atoms with Crippen LogP contribution in [0, 0.1) is 5.82 Å². The van der Waals surface area contributed by atoms with E-state index in [1.165, 1.54) is 6.07 Å². The van der Waals surface area contributed by atoms with Crippen LogP contribution in [0.15, 0.2) is 18.2 Å². The lowest BCUT2D eigenvalue weighted by atomic mass is 10.1. The highest BCUT2D eigenvalue weighted by Crippen LogP contribution is 2.18. The minimum Gasteiger partial charge on any atom is -0.383 e. The Balaban J connectivity index is 1.92. The summed E-state index contributed by atoms with van der Waals surface area (Å²) >= 11 is 0. The van der Waals surface area contributed by atoms with Crippen LogP contribution in [0.3, 0.4) is 0 Å². The average Bonchev–Trinajstić information content (AvgIpc) is 2.39. The lowest BCUT2D eigenvalue weighted by Gasteiger charge is -2.27. The molecule has 1 aromatic carbocycles. The molecule has 0 radical (unpaired) electrons. The second-order valence-electron chi connectivity index (χ2n) is 4.55. The molecule has 1 fully saturated rings. The van der Waals surface area contributed by atoms with Crippen molar-refractivity contribution in [3.05, 3.63) is 29.6 Å². The molecule has 6 heteroatoms. The molecule has 1 amide bonds. The van der Waals surface area contributed by atoms with Crippen molar-refractivity contribution in [2.75, 3.05) is 44.6 Å². The van der Waals surface area contributed by atoms with Gasteiger partial charge in [0.1, 0.15) is 5.82 Å². The summed E-state index contributed by atoms with van der Waals surface area (Å²) in [6.45, 7) is 5.51. The van der Waals surface area contributed by atoms with E-state index in [0.29, 0.717) is 12.2 Å². The number of nitrogens with one attached hydrogen (secondary N) is 2. The number of halogens is 1. The molecule has 1 aromatic rings. The van der Waals surface area contributed by atoms with Crippen molar-refractivity contribution >= 4 is 11.6 Å². The van der Waals surface area contributed by atoms with Crippen molar-refractivity contribution < 1.29 is 9.18 Å². The van der Waals surface area contributed by atoms with Crippen LogP contribution >= 0.6 is 0 Å². The number of anilines is 1. The maximum atomic E-state index is 13.5. The molecule has 0 spiro atoms. The number of benzene rings is 1. The summed E-state index contributed by atoms with van der Waals surface area (Å²) in [6, 6.07) is 4.47. The molecule has 104 valence electrons. The number of piperazine rings is 1. The van der Waals surface area contributed by atoms with Crippen LogP contribution in [0.1, 0.15) is 10.4 Å². The SMILES string of the molecule is NC(=O)c1c(F)cccc1NCCN1CCNCC1. The Hall–Kier alpha value is -1.66. The summed E-state index contributed by atoms with van der Waals surface area (Å²) in [6.07, 6.45) is 0. The number of carbonyl (C=O) groups is 1. The zero-order valence-electron chi connectivity index (χ0n) is 10.8. The van der Waals surface area contributed by atoms with E-state index in [4.69, 9.17) is 5.73 Å². The zero-order chi connectivity index (χ0) is 13.7. The average molecular weight is 266 g/mol. The van der Waals surface area contributed by atoms with E-state index in [2.05, 4.69) is 15.5 Å². The number of hydrogen-bond acceptors (Lipinski definition) is 4. The van der Waals surface area contributed by atoms with Crippen molar-refractivity contribution in [2.45, 2.75) is 0 Å². The Labute approximate surface area is 112 Å². The monoisotopic (exact) mass is 266 g/mol. The van der Waals surface area contributed by atoms with Crippen LogP contribution < -0.4 is 16.4 Å². The van der Waals surface area contributed by atoms with Gasteiger partial charge >= 0.3 is 0 Å². The van der Waals surface area contributed by atoms with Gasteiger partial charge in [-0.3, -0.25) is 9.69 Å². The van der Waals surface area contributed by atoms with Crippen molar-refractivity contribution in [1.82, 2.24) is 10.2 Å². The number of primary amides is 1. The predicted molar refractivity (Wildman–Crippen MR) is 72.7 cm³/mol. The van der Waals surface area contributed by atoms with Gasteiger partial charge in [-0.2, -0.15) is 0 Å². The van der Waals surface area contributed by atoms with Gasteiger partial charge in [0.05, 0.1) is 5.56 Å². The van der Waals surface area contributed by atoms with Gasteiger partial charge in [-0.15, -0.1) is 0 Å². The topological polar surface area (TPSA) is 70.4 Å². The number of carbonyl (C=O) groups excluding carboxylic acids is 1. The molecule has 1 aliphatic rings. The number of nitrogens with two attached hydrogens (primary N) is 1. The van der Waals surface area contributed by atoms with E-state index in [9.17, 15) is 9.18 Å². The van der Waals surface area contributed by atoms with Crippen molar-refractivity contribution in [2.24, 2.45) is 5.73 Å². The normalized spacial score (nSPS) is 16.3. The van der Waals surface area contributed by atoms with Gasteiger partial charge in [0.15, 0.2) is 0 Å². The zero-order valence-corrected chi connectivity index (χ0v) is 10.8. The van der Waals surface area contributed by atoms with Crippen LogP contribution in [-0.4, -0.2) is 50.1 Å². The van der Waals surface area contributed by atoms with Gasteiger partial charge in [-0.1, -0.05) is 6.07 Å². The summed E-state index contributed by atoms with van der Waals surface area (Å²) in [5, 5.41) is 6.36. The molecule has 0 aliphatic carbocycles. The third-order valence-corrected chi connectivity index (χ3v) is 3.21. The van der Waals surface area contributed by atoms with E-state index in [0.717, 1.165) is 32.7 Å². The van der Waals surface area contributed by atoms with Gasteiger partial charge in [-0.25, -0.2) is 4.39 Å². The molecule has 0 bridgehead atoms. The molecule has 2 rings (SSSR count). The largest absolute Gasteiger partial charge is 0.383 e. The number of amides is 1. The molecule has 0 aromatic heterocycles. The predicted octanol–water partition coefficient (Wildman–Crippen LogP) is 0.242. The fourth-order valence-electron chi connectivity index (χ4n) is 2.21. The molecule has 1 aliphatic heterocycles. The molecular weight excluding hydrogens is 247 g/mol. The summed E-state index contributed by atoms with van der Waals surface area (Å²) in [5.74, 6) is -1.33. The molecule has 19 heavy (non-hydrogen) atoms. The Morgan fingerprint density at radius 3 is 2.84 bits per heavy atom. The minimum absolute atomic E-state index is 0.0668. The molecule has 1 saturated heterocycles. The summed E-state index contributed by atoms with van der Waals surface area (Å²) in [7, 11) is 0. The second-order valence-corrected chi connectivity index (χ2v) is 4.55. The molecular formula is C13H19FN4O. The Kier molecular flexibility index (Phi) is 4.70. The molecule has 0 saturated carbocycles. The molecule has 0 unspecified atom stereocenters. The fraction of sp³-hybridized carbons (Fsp3) is 0.462. The van der Waals surface area contributed by atoms with Gasteiger partial charge in [-0.05, 0) is 12.1 Å². The number of hydrogen-bond donors (Lipinski definition) is 3. The van der Waals surface area contributed by atoms with Gasteiger partial charge in [0.25, 0.3) is 5.91 Å². The van der Waals surface area contributed by atoms with Crippen molar-refractivity contribution in [1.29, 1.82) is 0 Å². The van der Waals surface area contributed by atoms with Crippen molar-refractivity contribution in [3.63, 3.8) is 0 Å². The van der Waals surface area contributed by atoms with E-state index < -0.39 is 11.7 Å². The smallest absolute Gasteiger partial charge is 0.253 e. The van der Waals surface area contributed by atoms with Gasteiger partial charge in [0.2, 0.25) is 0 Å². The van der Waals surface area contributed by atoms with Crippen LogP contribution in [0.25, 0.3) is 0 Å². The van der Waals surface area contributed by atoms with E-state index >= 15 is 0 Å². The third kappa shape index (κ3) is 3.65. The number of nitrogens with zero attached hydrogens (tertiary/aromatic N) is 1. The highest BCUT2D eigenvalue weighted by molar-refractivity contribution is 5.98. The lowest BCUT2D eigenvalue weighted by Crippen LogP contribution is -2.45. The molecule has 0 atom stereocenters. The van der Waals surface area contributed by atoms with E-state index in [1.807, 2.05) is 0 Å². The Morgan fingerprint density at radius 1 is 1.42 bits per heavy atom. The van der Waals surface area contributed by atoms with Crippen LogP contribution in [0.4, 0.5) is 10.1 Å². The second kappa shape index (κ2) is 6.49. The Bertz CT molecular complexity index is 446. The van der Waals surface area contributed by atoms with E-state index in [-0.39, 0.29) is 5.56 Å². The van der Waals surface area contributed by atoms with Crippen LogP contribution in [0.2, 0.25) is 0 Å². The van der Waals surface area contributed by atoms with Crippen LogP contribution in [-0.2, 0) is 0 Å². The first-order valence-electron chi connectivity index (χ1n) is 6.44. The molecule has 4 N–H and O–H groups in total. The quantitative estimate of drug-likeness (QED) is 0.714.